The van der Waals surface area contributed by atoms with E-state index in [1.165, 1.54) is 40.7 Å². The smallest absolute Gasteiger partial charge is 0.115 e. The largest absolute Gasteiger partial charge is 0.508 e. The molecular formula is C20H20O2. The topological polar surface area (TPSA) is 40.5 Å². The Labute approximate surface area is 130 Å². The van der Waals surface area contributed by atoms with Crippen LogP contribution < -0.4 is 0 Å². The molecule has 0 radical (unpaired) electrons. The fraction of sp³-hybridized carbons (Fsp3) is 0.300. The minimum Gasteiger partial charge on any atom is -0.508 e. The molecule has 2 aromatic rings. The van der Waals surface area contributed by atoms with E-state index in [4.69, 9.17) is 0 Å². The van der Waals surface area contributed by atoms with Crippen LogP contribution in [0.1, 0.15) is 47.4 Å². The van der Waals surface area contributed by atoms with E-state index in [1.54, 1.807) is 6.07 Å². The maximum atomic E-state index is 9.70. The van der Waals surface area contributed by atoms with Gasteiger partial charge >= 0.3 is 0 Å². The Kier molecular flexibility index (Phi) is 3.18. The van der Waals surface area contributed by atoms with E-state index in [1.807, 2.05) is 24.3 Å². The highest BCUT2D eigenvalue weighted by Crippen LogP contribution is 2.42. The van der Waals surface area contributed by atoms with Crippen LogP contribution in [0.25, 0.3) is 6.08 Å². The lowest BCUT2D eigenvalue weighted by molar-refractivity contribution is 0.472. The van der Waals surface area contributed by atoms with Gasteiger partial charge in [0.05, 0.1) is 0 Å². The zero-order valence-corrected chi connectivity index (χ0v) is 12.5. The molecule has 0 saturated carbocycles. The molecular weight excluding hydrogens is 272 g/mol. The van der Waals surface area contributed by atoms with Crippen molar-refractivity contribution in [3.8, 4) is 11.5 Å². The van der Waals surface area contributed by atoms with Crippen LogP contribution >= 0.6 is 0 Å². The van der Waals surface area contributed by atoms with Crippen LogP contribution in [0.2, 0.25) is 0 Å². The van der Waals surface area contributed by atoms with Crippen LogP contribution in [0.5, 0.6) is 11.5 Å². The summed E-state index contributed by atoms with van der Waals surface area (Å²) in [6.45, 7) is 0. The number of benzene rings is 2. The van der Waals surface area contributed by atoms with Crippen molar-refractivity contribution in [2.75, 3.05) is 0 Å². The van der Waals surface area contributed by atoms with Crippen molar-refractivity contribution >= 4 is 6.08 Å². The second-order valence-corrected chi connectivity index (χ2v) is 6.43. The van der Waals surface area contributed by atoms with E-state index in [-0.39, 0.29) is 0 Å². The number of rotatable bonds is 1. The predicted octanol–water partition coefficient (Wildman–Crippen LogP) is 4.55. The van der Waals surface area contributed by atoms with E-state index in [9.17, 15) is 10.2 Å². The third-order valence-corrected chi connectivity index (χ3v) is 5.04. The average Bonchev–Trinajstić information content (AvgIpc) is 2.53. The lowest BCUT2D eigenvalue weighted by atomic mass is 9.75. The number of aryl methyl sites for hydroxylation is 2. The van der Waals surface area contributed by atoms with Gasteiger partial charge in [-0.1, -0.05) is 23.8 Å². The van der Waals surface area contributed by atoms with E-state index in [0.29, 0.717) is 17.4 Å². The summed E-state index contributed by atoms with van der Waals surface area (Å²) in [6.07, 6.45) is 7.81. The molecule has 2 aliphatic rings. The van der Waals surface area contributed by atoms with Gasteiger partial charge in [0, 0.05) is 5.92 Å². The first-order valence-electron chi connectivity index (χ1n) is 8.05. The Morgan fingerprint density at radius 1 is 0.818 bits per heavy atom. The molecule has 2 aromatic carbocycles. The molecule has 0 amide bonds. The highest BCUT2D eigenvalue weighted by Gasteiger charge is 2.25. The number of phenols is 2. The zero-order valence-electron chi connectivity index (χ0n) is 12.5. The predicted molar refractivity (Wildman–Crippen MR) is 88.2 cm³/mol. The van der Waals surface area contributed by atoms with Gasteiger partial charge in [0.15, 0.2) is 0 Å². The summed E-state index contributed by atoms with van der Waals surface area (Å²) < 4.78 is 0. The van der Waals surface area contributed by atoms with E-state index < -0.39 is 0 Å². The Bertz CT molecular complexity index is 758. The number of aromatic hydroxyl groups is 2. The number of hydrogen-bond donors (Lipinski definition) is 2. The molecule has 0 saturated heterocycles. The van der Waals surface area contributed by atoms with Crippen molar-refractivity contribution < 1.29 is 10.2 Å². The van der Waals surface area contributed by atoms with Gasteiger partial charge in [-0.2, -0.15) is 0 Å². The number of hydrogen-bond acceptors (Lipinski definition) is 2. The van der Waals surface area contributed by atoms with Crippen LogP contribution in [-0.4, -0.2) is 10.2 Å². The second-order valence-electron chi connectivity index (χ2n) is 6.43. The molecule has 1 unspecified atom stereocenters. The first-order chi connectivity index (χ1) is 10.7. The SMILES string of the molecule is Oc1ccc2c(c1)CCC(C1CCCc3cc(O)ccc31)=C2. The molecule has 2 nitrogen and oxygen atoms in total. The van der Waals surface area contributed by atoms with Gasteiger partial charge < -0.3 is 10.2 Å². The molecule has 0 fully saturated rings. The molecule has 0 spiro atoms. The summed E-state index contributed by atoms with van der Waals surface area (Å²) >= 11 is 0. The number of fused-ring (bicyclic) bond motifs is 2. The van der Waals surface area contributed by atoms with E-state index in [0.717, 1.165) is 19.3 Å². The first-order valence-corrected chi connectivity index (χ1v) is 8.05. The van der Waals surface area contributed by atoms with Crippen molar-refractivity contribution in [1.82, 2.24) is 0 Å². The molecule has 2 aliphatic carbocycles. The van der Waals surface area contributed by atoms with Crippen LogP contribution in [0.15, 0.2) is 42.0 Å². The zero-order chi connectivity index (χ0) is 15.1. The third-order valence-electron chi connectivity index (χ3n) is 5.04. The molecule has 0 heterocycles. The quantitative estimate of drug-likeness (QED) is 0.809. The summed E-state index contributed by atoms with van der Waals surface area (Å²) in [7, 11) is 0. The normalized spacial score (nSPS) is 20.0. The Hall–Kier alpha value is -2.22. The molecule has 2 heteroatoms. The Morgan fingerprint density at radius 3 is 2.45 bits per heavy atom. The highest BCUT2D eigenvalue weighted by atomic mass is 16.3. The molecule has 0 aliphatic heterocycles. The maximum absolute atomic E-state index is 9.70. The molecule has 0 aromatic heterocycles. The monoisotopic (exact) mass is 292 g/mol. The standard InChI is InChI=1S/C20H20O2/c21-17-7-6-13-10-16(5-4-14(13)11-17)19-3-1-2-15-12-18(22)8-9-20(15)19/h6-12,19,21-22H,1-5H2. The van der Waals surface area contributed by atoms with Crippen LogP contribution in [0, 0.1) is 0 Å². The summed E-state index contributed by atoms with van der Waals surface area (Å²) in [5, 5.41) is 19.3. The third kappa shape index (κ3) is 2.29. The molecule has 4 rings (SSSR count). The van der Waals surface area contributed by atoms with Crippen molar-refractivity contribution in [2.45, 2.75) is 38.0 Å². The van der Waals surface area contributed by atoms with Gasteiger partial charge in [0.1, 0.15) is 11.5 Å². The van der Waals surface area contributed by atoms with Gasteiger partial charge in [-0.05, 0) is 78.6 Å². The lowest BCUT2D eigenvalue weighted by Crippen LogP contribution is -2.14. The summed E-state index contributed by atoms with van der Waals surface area (Å²) in [5.74, 6) is 1.21. The van der Waals surface area contributed by atoms with Gasteiger partial charge in [-0.25, -0.2) is 0 Å². The van der Waals surface area contributed by atoms with Gasteiger partial charge in [-0.3, -0.25) is 0 Å². The van der Waals surface area contributed by atoms with Gasteiger partial charge in [-0.15, -0.1) is 0 Å². The lowest BCUT2D eigenvalue weighted by Gasteiger charge is -2.30. The molecule has 112 valence electrons. The molecule has 2 N–H and O–H groups in total. The minimum absolute atomic E-state index is 0.356. The van der Waals surface area contributed by atoms with Crippen molar-refractivity contribution in [1.29, 1.82) is 0 Å². The Balaban J connectivity index is 1.73. The minimum atomic E-state index is 0.356. The average molecular weight is 292 g/mol. The summed E-state index contributed by atoms with van der Waals surface area (Å²) in [4.78, 5) is 0. The van der Waals surface area contributed by atoms with E-state index in [2.05, 4.69) is 12.1 Å². The number of allylic oxidation sites excluding steroid dienone is 1. The summed E-state index contributed by atoms with van der Waals surface area (Å²) in [6, 6.07) is 11.5. The van der Waals surface area contributed by atoms with Crippen LogP contribution in [-0.2, 0) is 12.8 Å². The van der Waals surface area contributed by atoms with Gasteiger partial charge in [0.25, 0.3) is 0 Å². The first kappa shape index (κ1) is 13.4. The highest BCUT2D eigenvalue weighted by molar-refractivity contribution is 5.63. The molecule has 0 bridgehead atoms. The second kappa shape index (κ2) is 5.20. The van der Waals surface area contributed by atoms with Crippen molar-refractivity contribution in [2.24, 2.45) is 0 Å². The maximum Gasteiger partial charge on any atom is 0.115 e. The number of phenolic OH excluding ortho intramolecular Hbond substituents is 2. The summed E-state index contributed by atoms with van der Waals surface area (Å²) in [5.41, 5.74) is 6.66. The fourth-order valence-electron chi connectivity index (χ4n) is 3.96. The van der Waals surface area contributed by atoms with E-state index >= 15 is 0 Å². The van der Waals surface area contributed by atoms with Crippen molar-refractivity contribution in [3.63, 3.8) is 0 Å². The van der Waals surface area contributed by atoms with Crippen LogP contribution in [0.3, 0.4) is 0 Å². The fourth-order valence-corrected chi connectivity index (χ4v) is 3.96. The molecule has 1 atom stereocenters. The van der Waals surface area contributed by atoms with Crippen molar-refractivity contribution in [3.05, 3.63) is 64.2 Å². The van der Waals surface area contributed by atoms with Crippen LogP contribution in [0.4, 0.5) is 0 Å². The van der Waals surface area contributed by atoms with Gasteiger partial charge in [0.2, 0.25) is 0 Å². The Morgan fingerprint density at radius 2 is 1.59 bits per heavy atom. The molecule has 22 heavy (non-hydrogen) atoms.